The summed E-state index contributed by atoms with van der Waals surface area (Å²) in [6.07, 6.45) is 11.3. The molecule has 3 N–H and O–H groups in total. The summed E-state index contributed by atoms with van der Waals surface area (Å²) in [7, 11) is 0. The van der Waals surface area contributed by atoms with E-state index in [2.05, 4.69) is 23.7 Å². The van der Waals surface area contributed by atoms with Gasteiger partial charge in [0.25, 0.3) is 5.56 Å². The zero-order chi connectivity index (χ0) is 18.5. The normalized spacial score (nSPS) is 12.1. The van der Waals surface area contributed by atoms with E-state index in [1.54, 1.807) is 6.08 Å². The van der Waals surface area contributed by atoms with E-state index in [1.165, 1.54) is 42.5 Å². The van der Waals surface area contributed by atoms with Gasteiger partial charge in [-0.05, 0) is 6.42 Å². The number of aliphatic hydroxyl groups excluding tert-OH is 2. The smallest absolute Gasteiger partial charge is 0.328 e. The van der Waals surface area contributed by atoms with E-state index in [9.17, 15) is 14.7 Å². The van der Waals surface area contributed by atoms with Crippen LogP contribution in [0.5, 0.6) is 0 Å². The number of unbranched alkanes of at least 4 members (excludes halogenated alkanes) is 6. The molecule has 1 atom stereocenters. The lowest BCUT2D eigenvalue weighted by Crippen LogP contribution is -2.30. The van der Waals surface area contributed by atoms with E-state index in [-0.39, 0.29) is 18.7 Å². The van der Waals surface area contributed by atoms with Crippen LogP contribution in [-0.2, 0) is 6.54 Å². The zero-order valence-electron chi connectivity index (χ0n) is 14.8. The van der Waals surface area contributed by atoms with E-state index in [0.717, 1.165) is 19.3 Å². The van der Waals surface area contributed by atoms with Gasteiger partial charge in [0.2, 0.25) is 0 Å². The highest BCUT2D eigenvalue weighted by Gasteiger charge is 2.01. The van der Waals surface area contributed by atoms with Crippen LogP contribution in [0.3, 0.4) is 0 Å². The summed E-state index contributed by atoms with van der Waals surface area (Å²) in [5, 5.41) is 18.0. The first kappa shape index (κ1) is 20.9. The number of allylic oxidation sites excluding steroid dienone is 1. The minimum Gasteiger partial charge on any atom is -0.393 e. The molecule has 1 heterocycles. The Hall–Kier alpha value is -2.10. The Kier molecular flexibility index (Phi) is 10.3. The Morgan fingerprint density at radius 2 is 1.96 bits per heavy atom. The van der Waals surface area contributed by atoms with Crippen molar-refractivity contribution in [2.45, 2.75) is 64.5 Å². The van der Waals surface area contributed by atoms with Crippen LogP contribution in [0.25, 0.3) is 0 Å². The predicted molar refractivity (Wildman–Crippen MR) is 98.4 cm³/mol. The Bertz CT molecular complexity index is 707. The number of aromatic amines is 1. The number of nitrogens with zero attached hydrogens (tertiary/aromatic N) is 1. The SMILES string of the molecule is CCCCCCCCC#Cc1cn(C/C=C/C(O)CO)c(=O)[nH]c1=O. The Labute approximate surface area is 148 Å². The van der Waals surface area contributed by atoms with Gasteiger partial charge in [-0.25, -0.2) is 4.79 Å². The van der Waals surface area contributed by atoms with Crippen molar-refractivity contribution in [3.05, 3.63) is 44.8 Å². The zero-order valence-corrected chi connectivity index (χ0v) is 14.8. The lowest BCUT2D eigenvalue weighted by atomic mass is 10.1. The molecule has 6 nitrogen and oxygen atoms in total. The second-order valence-corrected chi connectivity index (χ2v) is 5.95. The number of hydrogen-bond donors (Lipinski definition) is 3. The molecule has 1 aromatic rings. The first-order chi connectivity index (χ1) is 12.1. The lowest BCUT2D eigenvalue weighted by Gasteiger charge is -2.03. The topological polar surface area (TPSA) is 95.3 Å². The molecule has 6 heteroatoms. The lowest BCUT2D eigenvalue weighted by molar-refractivity contribution is 0.131. The summed E-state index contributed by atoms with van der Waals surface area (Å²) in [4.78, 5) is 25.8. The fourth-order valence-corrected chi connectivity index (χ4v) is 2.28. The standard InChI is InChI=1S/C19H28N2O4/c1-2-3-4-5-6-7-8-9-11-16-14-21(19(25)20-18(16)24)13-10-12-17(23)15-22/h10,12,14,17,22-23H,2-8,13,15H2,1H3,(H,20,24,25)/b12-10+. The maximum atomic E-state index is 11.8. The second-order valence-electron chi connectivity index (χ2n) is 5.95. The molecule has 0 amide bonds. The van der Waals surface area contributed by atoms with E-state index in [1.807, 2.05) is 0 Å². The summed E-state index contributed by atoms with van der Waals surface area (Å²) in [5.41, 5.74) is -0.771. The molecule has 0 radical (unpaired) electrons. The minimum atomic E-state index is -0.963. The minimum absolute atomic E-state index is 0.179. The molecular formula is C19H28N2O4. The molecule has 1 aromatic heterocycles. The molecule has 0 saturated carbocycles. The first-order valence-electron chi connectivity index (χ1n) is 8.86. The third kappa shape index (κ3) is 8.52. The molecular weight excluding hydrogens is 320 g/mol. The van der Waals surface area contributed by atoms with Crippen LogP contribution in [0, 0.1) is 11.8 Å². The third-order valence-electron chi connectivity index (χ3n) is 3.74. The molecule has 25 heavy (non-hydrogen) atoms. The summed E-state index contributed by atoms with van der Waals surface area (Å²) in [6, 6.07) is 0. The average Bonchev–Trinajstić information content (AvgIpc) is 2.60. The molecule has 0 aliphatic heterocycles. The monoisotopic (exact) mass is 348 g/mol. The highest BCUT2D eigenvalue weighted by atomic mass is 16.3. The van der Waals surface area contributed by atoms with Crippen LogP contribution in [0.2, 0.25) is 0 Å². The van der Waals surface area contributed by atoms with Crippen LogP contribution in [0.4, 0.5) is 0 Å². The van der Waals surface area contributed by atoms with Crippen LogP contribution >= 0.6 is 0 Å². The van der Waals surface area contributed by atoms with Gasteiger partial charge in [-0.15, -0.1) is 0 Å². The molecule has 0 spiro atoms. The summed E-state index contributed by atoms with van der Waals surface area (Å²) >= 11 is 0. The molecule has 1 rings (SSSR count). The summed E-state index contributed by atoms with van der Waals surface area (Å²) in [6.45, 7) is 1.98. The van der Waals surface area contributed by atoms with E-state index in [0.29, 0.717) is 0 Å². The molecule has 0 aliphatic rings. The number of rotatable bonds is 10. The molecule has 138 valence electrons. The van der Waals surface area contributed by atoms with E-state index in [4.69, 9.17) is 5.11 Å². The maximum absolute atomic E-state index is 11.8. The van der Waals surface area contributed by atoms with Crippen molar-refractivity contribution in [1.29, 1.82) is 0 Å². The Morgan fingerprint density at radius 3 is 2.68 bits per heavy atom. The largest absolute Gasteiger partial charge is 0.393 e. The molecule has 0 bridgehead atoms. The van der Waals surface area contributed by atoms with Gasteiger partial charge in [0.15, 0.2) is 0 Å². The van der Waals surface area contributed by atoms with Crippen molar-refractivity contribution in [2.75, 3.05) is 6.61 Å². The number of aromatic nitrogens is 2. The van der Waals surface area contributed by atoms with Crippen molar-refractivity contribution in [2.24, 2.45) is 0 Å². The fourth-order valence-electron chi connectivity index (χ4n) is 2.28. The fraction of sp³-hybridized carbons (Fsp3) is 0.579. The molecule has 0 aliphatic carbocycles. The van der Waals surface area contributed by atoms with Crippen molar-refractivity contribution in [3.63, 3.8) is 0 Å². The molecule has 0 aromatic carbocycles. The van der Waals surface area contributed by atoms with E-state index >= 15 is 0 Å². The van der Waals surface area contributed by atoms with Gasteiger partial charge in [-0.3, -0.25) is 14.3 Å². The van der Waals surface area contributed by atoms with Gasteiger partial charge >= 0.3 is 5.69 Å². The third-order valence-corrected chi connectivity index (χ3v) is 3.74. The van der Waals surface area contributed by atoms with Crippen molar-refractivity contribution in [1.82, 2.24) is 9.55 Å². The van der Waals surface area contributed by atoms with Crippen LogP contribution in [0.15, 0.2) is 27.9 Å². The van der Waals surface area contributed by atoms with Crippen molar-refractivity contribution < 1.29 is 10.2 Å². The van der Waals surface area contributed by atoms with Crippen LogP contribution < -0.4 is 11.2 Å². The highest BCUT2D eigenvalue weighted by Crippen LogP contribution is 2.06. The van der Waals surface area contributed by atoms with Gasteiger partial charge in [-0.1, -0.05) is 63.0 Å². The number of hydrogen-bond acceptors (Lipinski definition) is 4. The Morgan fingerprint density at radius 1 is 1.24 bits per heavy atom. The summed E-state index contributed by atoms with van der Waals surface area (Å²) < 4.78 is 1.30. The number of nitrogens with one attached hydrogen (secondary N) is 1. The van der Waals surface area contributed by atoms with Crippen LogP contribution in [-0.4, -0.2) is 32.5 Å². The average molecular weight is 348 g/mol. The van der Waals surface area contributed by atoms with Gasteiger partial charge in [0, 0.05) is 19.2 Å². The Balaban J connectivity index is 2.61. The predicted octanol–water partition coefficient (Wildman–Crippen LogP) is 1.55. The second kappa shape index (κ2) is 12.3. The summed E-state index contributed by atoms with van der Waals surface area (Å²) in [5.74, 6) is 5.81. The van der Waals surface area contributed by atoms with E-state index < -0.39 is 17.4 Å². The maximum Gasteiger partial charge on any atom is 0.328 e. The number of H-pyrrole nitrogens is 1. The first-order valence-corrected chi connectivity index (χ1v) is 8.86. The van der Waals surface area contributed by atoms with Gasteiger partial charge < -0.3 is 10.2 Å². The quantitative estimate of drug-likeness (QED) is 0.340. The van der Waals surface area contributed by atoms with Gasteiger partial charge in [-0.2, -0.15) is 0 Å². The molecule has 0 fully saturated rings. The van der Waals surface area contributed by atoms with Crippen molar-refractivity contribution >= 4 is 0 Å². The number of aliphatic hydroxyl groups is 2. The molecule has 0 saturated heterocycles. The molecule has 1 unspecified atom stereocenters. The van der Waals surface area contributed by atoms with Crippen LogP contribution in [0.1, 0.15) is 57.4 Å². The van der Waals surface area contributed by atoms with Gasteiger partial charge in [0.1, 0.15) is 5.56 Å². The van der Waals surface area contributed by atoms with Crippen molar-refractivity contribution in [3.8, 4) is 11.8 Å². The highest BCUT2D eigenvalue weighted by molar-refractivity contribution is 5.29. The van der Waals surface area contributed by atoms with Gasteiger partial charge in [0.05, 0.1) is 12.7 Å².